The molecule has 0 radical (unpaired) electrons. The summed E-state index contributed by atoms with van der Waals surface area (Å²) in [6.07, 6.45) is 2.78. The van der Waals surface area contributed by atoms with Gasteiger partial charge in [0.15, 0.2) is 0 Å². The summed E-state index contributed by atoms with van der Waals surface area (Å²) in [7, 11) is 0.00163. The molecule has 1 aliphatic rings. The van der Waals surface area contributed by atoms with Crippen molar-refractivity contribution in [3.8, 4) is 0 Å². The van der Waals surface area contributed by atoms with Crippen LogP contribution in [-0.2, 0) is 13.6 Å². The highest BCUT2D eigenvalue weighted by Gasteiger charge is 2.54. The lowest BCUT2D eigenvalue weighted by atomic mass is 10.1. The van der Waals surface area contributed by atoms with Gasteiger partial charge in [-0.05, 0) is 6.08 Å². The quantitative estimate of drug-likeness (QED) is 0.546. The largest absolute Gasteiger partial charge is 0.501 e. The summed E-state index contributed by atoms with van der Waals surface area (Å²) in [5, 5.41) is 9.41. The van der Waals surface area contributed by atoms with E-state index in [2.05, 4.69) is 0 Å². The zero-order valence-corrected chi connectivity index (χ0v) is 12.2. The molecule has 0 saturated carbocycles. The standard InChI is InChI=1S/C11H21NO5Si/c1-9(2)18(15)16-8-11(7-13,17-18)6-5-10(14)12(3)4/h5-6,9,13,15H,7-8H2,1-4H3/b6-5+. The Hall–Kier alpha value is -0.733. The van der Waals surface area contributed by atoms with Crippen LogP contribution in [0.5, 0.6) is 0 Å². The molecule has 104 valence electrons. The smallest absolute Gasteiger partial charge is 0.393 e. The molecule has 1 saturated heterocycles. The first-order valence-electron chi connectivity index (χ1n) is 5.82. The van der Waals surface area contributed by atoms with Crippen LogP contribution in [0.3, 0.4) is 0 Å². The average molecular weight is 275 g/mol. The lowest BCUT2D eigenvalue weighted by Crippen LogP contribution is -2.44. The summed E-state index contributed by atoms with van der Waals surface area (Å²) in [5.41, 5.74) is -1.26. The lowest BCUT2D eigenvalue weighted by molar-refractivity contribution is -0.123. The summed E-state index contributed by atoms with van der Waals surface area (Å²) >= 11 is 0. The molecule has 7 heteroatoms. The van der Waals surface area contributed by atoms with E-state index in [0.717, 1.165) is 0 Å². The third kappa shape index (κ3) is 3.18. The zero-order chi connectivity index (χ0) is 14.0. The molecule has 1 amide bonds. The van der Waals surface area contributed by atoms with Crippen molar-refractivity contribution >= 4 is 14.7 Å². The molecule has 6 nitrogen and oxygen atoms in total. The minimum absolute atomic E-state index is 0.0572. The third-order valence-electron chi connectivity index (χ3n) is 2.84. The third-order valence-corrected chi connectivity index (χ3v) is 5.56. The van der Waals surface area contributed by atoms with Crippen LogP contribution in [0.15, 0.2) is 12.2 Å². The van der Waals surface area contributed by atoms with Gasteiger partial charge in [-0.25, -0.2) is 0 Å². The minimum atomic E-state index is -3.26. The van der Waals surface area contributed by atoms with Gasteiger partial charge in [0.1, 0.15) is 5.60 Å². The zero-order valence-electron chi connectivity index (χ0n) is 11.2. The second-order valence-corrected chi connectivity index (χ2v) is 7.87. The SMILES string of the molecule is CC(C)[Si]1(O)OCC(/C=C/C(=O)N(C)C)(CO)O1. The van der Waals surface area contributed by atoms with E-state index >= 15 is 0 Å². The van der Waals surface area contributed by atoms with Gasteiger partial charge in [-0.15, -0.1) is 0 Å². The Morgan fingerprint density at radius 3 is 2.56 bits per heavy atom. The molecular weight excluding hydrogens is 254 g/mol. The first-order valence-corrected chi connectivity index (χ1v) is 7.67. The molecule has 0 aromatic heterocycles. The molecule has 0 bridgehead atoms. The first-order chi connectivity index (χ1) is 8.25. The van der Waals surface area contributed by atoms with Crippen molar-refractivity contribution in [2.24, 2.45) is 0 Å². The predicted octanol–water partition coefficient (Wildman–Crippen LogP) is -0.250. The molecule has 0 spiro atoms. The summed E-state index contributed by atoms with van der Waals surface area (Å²) in [5.74, 6) is -0.215. The number of amides is 1. The fourth-order valence-corrected chi connectivity index (χ4v) is 3.30. The number of nitrogens with zero attached hydrogens (tertiary/aromatic N) is 1. The van der Waals surface area contributed by atoms with E-state index in [1.807, 2.05) is 0 Å². The van der Waals surface area contributed by atoms with Crippen LogP contribution >= 0.6 is 0 Å². The van der Waals surface area contributed by atoms with Gasteiger partial charge >= 0.3 is 8.80 Å². The Morgan fingerprint density at radius 1 is 1.56 bits per heavy atom. The molecule has 2 unspecified atom stereocenters. The van der Waals surface area contributed by atoms with Gasteiger partial charge in [0, 0.05) is 25.7 Å². The molecule has 2 N–H and O–H groups in total. The van der Waals surface area contributed by atoms with Crippen molar-refractivity contribution in [1.29, 1.82) is 0 Å². The van der Waals surface area contributed by atoms with E-state index in [9.17, 15) is 14.7 Å². The maximum atomic E-state index is 11.5. The molecule has 1 rings (SSSR count). The molecule has 0 aliphatic carbocycles. The average Bonchev–Trinajstić information content (AvgIpc) is 2.66. The summed E-state index contributed by atoms with van der Waals surface area (Å²) < 4.78 is 10.9. The van der Waals surface area contributed by atoms with Gasteiger partial charge in [0.05, 0.1) is 13.2 Å². The van der Waals surface area contributed by atoms with Crippen LogP contribution in [-0.4, -0.2) is 62.4 Å². The number of carbonyl (C=O) groups is 1. The maximum absolute atomic E-state index is 11.5. The van der Waals surface area contributed by atoms with E-state index in [4.69, 9.17) is 8.85 Å². The molecular formula is C11H21NO5Si. The van der Waals surface area contributed by atoms with Gasteiger partial charge in [-0.3, -0.25) is 4.79 Å². The highest BCUT2D eigenvalue weighted by Crippen LogP contribution is 2.34. The number of likely N-dealkylation sites (N-methyl/N-ethyl adjacent to an activating group) is 1. The monoisotopic (exact) mass is 275 g/mol. The molecule has 1 fully saturated rings. The van der Waals surface area contributed by atoms with E-state index in [1.54, 1.807) is 27.9 Å². The Kier molecular flexibility index (Phi) is 4.68. The van der Waals surface area contributed by atoms with E-state index in [0.29, 0.717) is 0 Å². The van der Waals surface area contributed by atoms with Gasteiger partial charge in [-0.2, -0.15) is 0 Å². The van der Waals surface area contributed by atoms with Crippen LogP contribution in [0.4, 0.5) is 0 Å². The van der Waals surface area contributed by atoms with Crippen LogP contribution in [0.1, 0.15) is 13.8 Å². The van der Waals surface area contributed by atoms with Crippen LogP contribution in [0.2, 0.25) is 5.54 Å². The number of aliphatic hydroxyl groups excluding tert-OH is 1. The van der Waals surface area contributed by atoms with E-state index < -0.39 is 14.4 Å². The number of carbonyl (C=O) groups excluding carboxylic acids is 1. The summed E-state index contributed by atoms with van der Waals surface area (Å²) in [6.45, 7) is 3.32. The Bertz CT molecular complexity index is 346. The topological polar surface area (TPSA) is 79.2 Å². The predicted molar refractivity (Wildman–Crippen MR) is 67.8 cm³/mol. The molecule has 0 aromatic rings. The minimum Gasteiger partial charge on any atom is -0.393 e. The van der Waals surface area contributed by atoms with Crippen molar-refractivity contribution in [3.63, 3.8) is 0 Å². The van der Waals surface area contributed by atoms with Gasteiger partial charge < -0.3 is 23.7 Å². The van der Waals surface area contributed by atoms with E-state index in [1.165, 1.54) is 17.1 Å². The van der Waals surface area contributed by atoms with Gasteiger partial charge in [0.2, 0.25) is 5.91 Å². The van der Waals surface area contributed by atoms with Crippen LogP contribution in [0.25, 0.3) is 0 Å². The molecule has 2 atom stereocenters. The Labute approximate surface area is 108 Å². The lowest BCUT2D eigenvalue weighted by Gasteiger charge is -2.25. The number of aliphatic hydroxyl groups is 1. The highest BCUT2D eigenvalue weighted by atomic mass is 28.4. The van der Waals surface area contributed by atoms with Crippen LogP contribution in [0, 0.1) is 0 Å². The molecule has 1 heterocycles. The normalized spacial score (nSPS) is 32.4. The number of rotatable bonds is 4. The fraction of sp³-hybridized carbons (Fsp3) is 0.727. The maximum Gasteiger partial charge on any atom is 0.501 e. The number of hydrogen-bond donors (Lipinski definition) is 2. The Balaban J connectivity index is 2.81. The van der Waals surface area contributed by atoms with Crippen molar-refractivity contribution in [1.82, 2.24) is 4.90 Å². The van der Waals surface area contributed by atoms with Gasteiger partial charge in [0.25, 0.3) is 0 Å². The van der Waals surface area contributed by atoms with Crippen molar-refractivity contribution < 1.29 is 23.5 Å². The second kappa shape index (κ2) is 5.50. The van der Waals surface area contributed by atoms with E-state index in [-0.39, 0.29) is 24.7 Å². The summed E-state index contributed by atoms with van der Waals surface area (Å²) in [4.78, 5) is 23.0. The Morgan fingerprint density at radius 2 is 2.17 bits per heavy atom. The number of hydrogen-bond acceptors (Lipinski definition) is 5. The first kappa shape index (κ1) is 15.3. The fourth-order valence-electron chi connectivity index (χ4n) is 1.45. The van der Waals surface area contributed by atoms with Crippen molar-refractivity contribution in [3.05, 3.63) is 12.2 Å². The van der Waals surface area contributed by atoms with Crippen LogP contribution < -0.4 is 0 Å². The molecule has 18 heavy (non-hydrogen) atoms. The summed E-state index contributed by atoms with van der Waals surface area (Å²) in [6, 6.07) is 0. The van der Waals surface area contributed by atoms with Gasteiger partial charge in [-0.1, -0.05) is 13.8 Å². The van der Waals surface area contributed by atoms with Crippen molar-refractivity contribution in [2.75, 3.05) is 27.3 Å². The molecule has 1 aliphatic heterocycles. The highest BCUT2D eigenvalue weighted by molar-refractivity contribution is 6.61. The second-order valence-electron chi connectivity index (χ2n) is 4.97. The van der Waals surface area contributed by atoms with Crippen molar-refractivity contribution in [2.45, 2.75) is 25.0 Å². The molecule has 0 aromatic carbocycles.